The van der Waals surface area contributed by atoms with Crippen LogP contribution in [0.1, 0.15) is 5.69 Å². The van der Waals surface area contributed by atoms with Gasteiger partial charge in [-0.2, -0.15) is 5.10 Å². The number of aryl methyl sites for hydroxylation is 1. The van der Waals surface area contributed by atoms with Gasteiger partial charge in [0.05, 0.1) is 11.2 Å². The van der Waals surface area contributed by atoms with Crippen molar-refractivity contribution in [3.8, 4) is 0 Å². The molecule has 3 nitrogen and oxygen atoms in total. The quantitative estimate of drug-likeness (QED) is 0.596. The van der Waals surface area contributed by atoms with Crippen LogP contribution in [0.5, 0.6) is 0 Å². The predicted octanol–water partition coefficient (Wildman–Crippen LogP) is 2.37. The Bertz CT molecular complexity index is 441. The second-order valence-electron chi connectivity index (χ2n) is 2.89. The van der Waals surface area contributed by atoms with Crippen LogP contribution in [-0.4, -0.2) is 26.2 Å². The van der Waals surface area contributed by atoms with Crippen LogP contribution in [0.3, 0.4) is 0 Å². The van der Waals surface area contributed by atoms with Crippen molar-refractivity contribution in [1.29, 1.82) is 0 Å². The number of hydrogen-bond acceptors (Lipinski definition) is 3. The van der Waals surface area contributed by atoms with Gasteiger partial charge >= 0.3 is 0 Å². The zero-order valence-corrected chi connectivity index (χ0v) is 9.35. The Balaban J connectivity index is 2.42. The van der Waals surface area contributed by atoms with Gasteiger partial charge in [-0.1, -0.05) is 0 Å². The molecule has 0 bridgehead atoms. The van der Waals surface area contributed by atoms with E-state index in [4.69, 9.17) is 11.6 Å². The fourth-order valence-corrected chi connectivity index (χ4v) is 2.20. The minimum absolute atomic E-state index is 0.639. The fraction of sp³-hybridized carbons (Fsp3) is 0.333. The highest BCUT2D eigenvalue weighted by Gasteiger charge is 2.04. The highest BCUT2D eigenvalue weighted by molar-refractivity contribution is 7.99. The number of nitrogens with zero attached hydrogens (tertiary/aromatic N) is 3. The molecule has 0 unspecified atom stereocenters. The van der Waals surface area contributed by atoms with Crippen LogP contribution in [0.15, 0.2) is 23.5 Å². The maximum Gasteiger partial charge on any atom is 0.122 e. The molecule has 2 rings (SSSR count). The predicted molar refractivity (Wildman–Crippen MR) is 59.2 cm³/mol. The topological polar surface area (TPSA) is 30.2 Å². The lowest BCUT2D eigenvalue weighted by Gasteiger charge is -1.99. The first kappa shape index (κ1) is 9.80. The number of aromatic nitrogens is 3. The third kappa shape index (κ3) is 1.86. The van der Waals surface area contributed by atoms with Gasteiger partial charge in [0.25, 0.3) is 0 Å². The summed E-state index contributed by atoms with van der Waals surface area (Å²) in [6, 6.07) is 2.03. The monoisotopic (exact) mass is 227 g/mol. The van der Waals surface area contributed by atoms with Gasteiger partial charge in [-0.25, -0.2) is 9.50 Å². The number of hydrogen-bond donors (Lipinski definition) is 0. The van der Waals surface area contributed by atoms with E-state index in [1.54, 1.807) is 18.0 Å². The van der Waals surface area contributed by atoms with E-state index in [1.165, 1.54) is 0 Å². The van der Waals surface area contributed by atoms with E-state index in [2.05, 4.69) is 10.1 Å². The first-order valence-electron chi connectivity index (χ1n) is 4.31. The molecule has 5 heteroatoms. The first-order chi connectivity index (χ1) is 6.81. The zero-order chi connectivity index (χ0) is 9.97. The summed E-state index contributed by atoms with van der Waals surface area (Å²) >= 11 is 7.30. The van der Waals surface area contributed by atoms with E-state index in [9.17, 15) is 0 Å². The SMILES string of the molecule is Cc1cc2c(SCCCl)nccn2n1. The van der Waals surface area contributed by atoms with E-state index < -0.39 is 0 Å². The Morgan fingerprint density at radius 1 is 1.57 bits per heavy atom. The fourth-order valence-electron chi connectivity index (χ4n) is 1.27. The number of fused-ring (bicyclic) bond motifs is 1. The van der Waals surface area contributed by atoms with Crippen molar-refractivity contribution in [3.05, 3.63) is 24.2 Å². The molecule has 0 aromatic carbocycles. The summed E-state index contributed by atoms with van der Waals surface area (Å²) in [6.45, 7) is 1.98. The molecule has 2 heterocycles. The summed E-state index contributed by atoms with van der Waals surface area (Å²) in [7, 11) is 0. The minimum atomic E-state index is 0.639. The Morgan fingerprint density at radius 2 is 2.43 bits per heavy atom. The summed E-state index contributed by atoms with van der Waals surface area (Å²) in [6.07, 6.45) is 3.61. The number of alkyl halides is 1. The number of thioether (sulfide) groups is 1. The van der Waals surface area contributed by atoms with Gasteiger partial charge in [0.1, 0.15) is 5.03 Å². The largest absolute Gasteiger partial charge is 0.246 e. The van der Waals surface area contributed by atoms with E-state index in [0.29, 0.717) is 5.88 Å². The first-order valence-corrected chi connectivity index (χ1v) is 5.83. The van der Waals surface area contributed by atoms with Crippen molar-refractivity contribution >= 4 is 28.9 Å². The summed E-state index contributed by atoms with van der Waals surface area (Å²) in [5.41, 5.74) is 2.06. The summed E-state index contributed by atoms with van der Waals surface area (Å²) in [4.78, 5) is 4.30. The van der Waals surface area contributed by atoms with Crippen molar-refractivity contribution in [2.45, 2.75) is 11.9 Å². The maximum atomic E-state index is 5.64. The molecule has 0 amide bonds. The Labute approximate surface area is 91.5 Å². The van der Waals surface area contributed by atoms with E-state index in [-0.39, 0.29) is 0 Å². The average Bonchev–Trinajstić information content (AvgIpc) is 2.55. The molecule has 2 aromatic rings. The van der Waals surface area contributed by atoms with Crippen molar-refractivity contribution in [3.63, 3.8) is 0 Å². The van der Waals surface area contributed by atoms with Crippen LogP contribution in [0.2, 0.25) is 0 Å². The molecule has 74 valence electrons. The molecule has 14 heavy (non-hydrogen) atoms. The van der Waals surface area contributed by atoms with E-state index in [1.807, 2.05) is 23.7 Å². The number of halogens is 1. The third-order valence-electron chi connectivity index (χ3n) is 1.79. The maximum absolute atomic E-state index is 5.64. The van der Waals surface area contributed by atoms with Crippen LogP contribution < -0.4 is 0 Å². The molecule has 0 aliphatic carbocycles. The molecule has 0 saturated carbocycles. The summed E-state index contributed by atoms with van der Waals surface area (Å²) in [5.74, 6) is 1.51. The summed E-state index contributed by atoms with van der Waals surface area (Å²) in [5, 5.41) is 5.31. The Kier molecular flexibility index (Phi) is 2.93. The highest BCUT2D eigenvalue weighted by Crippen LogP contribution is 2.21. The lowest BCUT2D eigenvalue weighted by atomic mass is 10.4. The van der Waals surface area contributed by atoms with E-state index in [0.717, 1.165) is 22.0 Å². The lowest BCUT2D eigenvalue weighted by Crippen LogP contribution is -1.91. The highest BCUT2D eigenvalue weighted by atomic mass is 35.5. The molecule has 0 spiro atoms. The molecular weight excluding hydrogens is 218 g/mol. The summed E-state index contributed by atoms with van der Waals surface area (Å²) < 4.78 is 1.85. The smallest absolute Gasteiger partial charge is 0.122 e. The molecule has 0 atom stereocenters. The standard InChI is InChI=1S/C9H10ClN3S/c1-7-6-8-9(14-5-2-10)11-3-4-13(8)12-7/h3-4,6H,2,5H2,1H3. The van der Waals surface area contributed by atoms with Gasteiger partial charge < -0.3 is 0 Å². The van der Waals surface area contributed by atoms with Crippen LogP contribution in [-0.2, 0) is 0 Å². The van der Waals surface area contributed by atoms with Crippen LogP contribution in [0.25, 0.3) is 5.52 Å². The Hall–Kier alpha value is -0.740. The van der Waals surface area contributed by atoms with Gasteiger partial charge in [0.15, 0.2) is 0 Å². The number of rotatable bonds is 3. The van der Waals surface area contributed by atoms with Gasteiger partial charge in [0, 0.05) is 24.0 Å². The minimum Gasteiger partial charge on any atom is -0.246 e. The molecular formula is C9H10ClN3S. The van der Waals surface area contributed by atoms with Crippen LogP contribution in [0, 0.1) is 6.92 Å². The van der Waals surface area contributed by atoms with Gasteiger partial charge in [-0.05, 0) is 13.0 Å². The van der Waals surface area contributed by atoms with Gasteiger partial charge in [-0.15, -0.1) is 23.4 Å². The van der Waals surface area contributed by atoms with Crippen molar-refractivity contribution < 1.29 is 0 Å². The van der Waals surface area contributed by atoms with Crippen LogP contribution >= 0.6 is 23.4 Å². The van der Waals surface area contributed by atoms with Crippen LogP contribution in [0.4, 0.5) is 0 Å². The molecule has 0 fully saturated rings. The lowest BCUT2D eigenvalue weighted by molar-refractivity contribution is 0.899. The van der Waals surface area contributed by atoms with E-state index >= 15 is 0 Å². The third-order valence-corrected chi connectivity index (χ3v) is 3.20. The second-order valence-corrected chi connectivity index (χ2v) is 4.35. The Morgan fingerprint density at radius 3 is 3.21 bits per heavy atom. The molecule has 0 N–H and O–H groups in total. The molecule has 0 aliphatic rings. The van der Waals surface area contributed by atoms with Crippen molar-refractivity contribution in [1.82, 2.24) is 14.6 Å². The van der Waals surface area contributed by atoms with Gasteiger partial charge in [-0.3, -0.25) is 0 Å². The average molecular weight is 228 g/mol. The van der Waals surface area contributed by atoms with Crippen molar-refractivity contribution in [2.24, 2.45) is 0 Å². The molecule has 0 radical (unpaired) electrons. The second kappa shape index (κ2) is 4.19. The van der Waals surface area contributed by atoms with Gasteiger partial charge in [0.2, 0.25) is 0 Å². The normalized spacial score (nSPS) is 11.0. The van der Waals surface area contributed by atoms with Crippen molar-refractivity contribution in [2.75, 3.05) is 11.6 Å². The molecule has 0 aliphatic heterocycles. The zero-order valence-electron chi connectivity index (χ0n) is 7.77. The molecule has 2 aromatic heterocycles. The molecule has 0 saturated heterocycles.